The van der Waals surface area contributed by atoms with Gasteiger partial charge in [0.05, 0.1) is 0 Å². The second kappa shape index (κ2) is 9.76. The van der Waals surface area contributed by atoms with E-state index in [4.69, 9.17) is 20.4 Å². The van der Waals surface area contributed by atoms with E-state index in [1.54, 1.807) is 11.0 Å². The van der Waals surface area contributed by atoms with Crippen molar-refractivity contribution in [3.8, 4) is 6.01 Å². The number of oxime groups is 1. The number of rotatable bonds is 5. The molecule has 0 radical (unpaired) electrons. The van der Waals surface area contributed by atoms with Crippen LogP contribution in [-0.2, 0) is 4.74 Å². The zero-order valence-electron chi connectivity index (χ0n) is 19.6. The molecule has 0 unspecified atom stereocenters. The van der Waals surface area contributed by atoms with E-state index in [0.717, 1.165) is 19.4 Å². The predicted octanol–water partition coefficient (Wildman–Crippen LogP) is 1.49. The topological polar surface area (TPSA) is 130 Å². The number of anilines is 1. The second-order valence-corrected chi connectivity index (χ2v) is 9.35. The first-order valence-electron chi connectivity index (χ1n) is 11.0. The number of piperazine rings is 1. The predicted molar refractivity (Wildman–Crippen MR) is 120 cm³/mol. The Kier molecular flexibility index (Phi) is 7.27. The van der Waals surface area contributed by atoms with Crippen molar-refractivity contribution in [3.05, 3.63) is 11.8 Å². The van der Waals surface area contributed by atoms with Gasteiger partial charge in [0.15, 0.2) is 5.84 Å². The van der Waals surface area contributed by atoms with Gasteiger partial charge in [0, 0.05) is 38.3 Å². The number of nitrogens with zero attached hydrogens (tertiary/aromatic N) is 6. The Balaban J connectivity index is 1.73. The van der Waals surface area contributed by atoms with Crippen LogP contribution in [0.1, 0.15) is 46.2 Å². The number of aromatic nitrogens is 2. The summed E-state index contributed by atoms with van der Waals surface area (Å²) in [7, 11) is 2.08. The molecule has 32 heavy (non-hydrogen) atoms. The Hall–Kier alpha value is -2.82. The van der Waals surface area contributed by atoms with Crippen molar-refractivity contribution in [2.24, 2.45) is 10.9 Å². The maximum absolute atomic E-state index is 12.3. The summed E-state index contributed by atoms with van der Waals surface area (Å²) in [6.45, 7) is 10.7. The monoisotopic (exact) mass is 449 g/mol. The highest BCUT2D eigenvalue weighted by atomic mass is 16.6. The third-order valence-corrected chi connectivity index (χ3v) is 5.73. The van der Waals surface area contributed by atoms with E-state index in [1.807, 2.05) is 32.6 Å². The van der Waals surface area contributed by atoms with Crippen molar-refractivity contribution in [3.63, 3.8) is 0 Å². The van der Waals surface area contributed by atoms with Gasteiger partial charge in [-0.3, -0.25) is 4.90 Å². The summed E-state index contributed by atoms with van der Waals surface area (Å²) in [5.74, 6) is 0.490. The molecule has 1 amide bonds. The molecule has 2 atom stereocenters. The van der Waals surface area contributed by atoms with E-state index < -0.39 is 5.60 Å². The van der Waals surface area contributed by atoms with E-state index in [0.29, 0.717) is 32.0 Å². The minimum absolute atomic E-state index is 0.109. The molecule has 178 valence electrons. The molecule has 0 bridgehead atoms. The van der Waals surface area contributed by atoms with Crippen LogP contribution in [0.25, 0.3) is 0 Å². The average molecular weight is 450 g/mol. The maximum Gasteiger partial charge on any atom is 0.410 e. The first-order valence-corrected chi connectivity index (χ1v) is 11.0. The maximum atomic E-state index is 12.3. The molecule has 3 N–H and O–H groups in total. The van der Waals surface area contributed by atoms with Crippen LogP contribution in [0.2, 0.25) is 0 Å². The average Bonchev–Trinajstić information content (AvgIpc) is 3.17. The summed E-state index contributed by atoms with van der Waals surface area (Å²) >= 11 is 0. The number of ether oxygens (including phenoxy) is 2. The quantitative estimate of drug-likeness (QED) is 0.297. The molecule has 0 spiro atoms. The van der Waals surface area contributed by atoms with Crippen LogP contribution < -0.4 is 15.4 Å². The molecular weight excluding hydrogens is 414 g/mol. The van der Waals surface area contributed by atoms with Gasteiger partial charge in [-0.1, -0.05) is 5.16 Å². The third kappa shape index (κ3) is 5.90. The second-order valence-electron chi connectivity index (χ2n) is 9.35. The molecule has 2 saturated heterocycles. The van der Waals surface area contributed by atoms with Crippen LogP contribution in [0.3, 0.4) is 0 Å². The summed E-state index contributed by atoms with van der Waals surface area (Å²) in [6.07, 6.45) is 1.75. The number of nitrogens with two attached hydrogens (primary N) is 1. The zero-order chi connectivity index (χ0) is 23.5. The summed E-state index contributed by atoms with van der Waals surface area (Å²) in [5.41, 5.74) is 5.57. The smallest absolute Gasteiger partial charge is 0.410 e. The highest BCUT2D eigenvalue weighted by Gasteiger charge is 2.30. The van der Waals surface area contributed by atoms with Crippen molar-refractivity contribution in [2.45, 2.75) is 58.3 Å². The fourth-order valence-corrected chi connectivity index (χ4v) is 4.03. The van der Waals surface area contributed by atoms with E-state index in [1.165, 1.54) is 0 Å². The molecule has 2 aliphatic heterocycles. The van der Waals surface area contributed by atoms with Crippen molar-refractivity contribution in [1.29, 1.82) is 0 Å². The normalized spacial score (nSPS) is 21.5. The number of likely N-dealkylation sites (tertiary alicyclic amines) is 1. The Morgan fingerprint density at radius 2 is 1.94 bits per heavy atom. The molecule has 0 aliphatic carbocycles. The minimum Gasteiger partial charge on any atom is -0.459 e. The molecule has 0 saturated carbocycles. The van der Waals surface area contributed by atoms with Gasteiger partial charge in [0.25, 0.3) is 0 Å². The summed E-state index contributed by atoms with van der Waals surface area (Å²) in [5, 5.41) is 12.2. The Morgan fingerprint density at radius 1 is 1.25 bits per heavy atom. The van der Waals surface area contributed by atoms with Gasteiger partial charge in [-0.05, 0) is 54.1 Å². The highest BCUT2D eigenvalue weighted by molar-refractivity contribution is 5.95. The van der Waals surface area contributed by atoms with E-state index in [2.05, 4.69) is 27.1 Å². The lowest BCUT2D eigenvalue weighted by molar-refractivity contribution is 0.0240. The van der Waals surface area contributed by atoms with Crippen LogP contribution >= 0.6 is 0 Å². The number of hydrogen-bond acceptors (Lipinski definition) is 9. The van der Waals surface area contributed by atoms with Crippen LogP contribution in [0.5, 0.6) is 6.01 Å². The summed E-state index contributed by atoms with van der Waals surface area (Å²) < 4.78 is 11.5. The van der Waals surface area contributed by atoms with Gasteiger partial charge < -0.3 is 30.2 Å². The van der Waals surface area contributed by atoms with E-state index >= 15 is 0 Å². The van der Waals surface area contributed by atoms with Gasteiger partial charge in [0.1, 0.15) is 23.2 Å². The van der Waals surface area contributed by atoms with Crippen LogP contribution in [0.4, 0.5) is 10.6 Å². The van der Waals surface area contributed by atoms with E-state index in [9.17, 15) is 4.79 Å². The minimum atomic E-state index is -0.534. The number of hydrogen-bond donors (Lipinski definition) is 2. The molecule has 2 aliphatic rings. The van der Waals surface area contributed by atoms with Crippen molar-refractivity contribution in [1.82, 2.24) is 19.8 Å². The molecule has 1 aromatic rings. The lowest BCUT2D eigenvalue weighted by atomic mass is 10.1. The number of amidine groups is 1. The first-order chi connectivity index (χ1) is 15.1. The Morgan fingerprint density at radius 3 is 2.50 bits per heavy atom. The fraction of sp³-hybridized carbons (Fsp3) is 0.714. The number of carbonyl (C=O) groups excluding carboxylic acids is 1. The lowest BCUT2D eigenvalue weighted by Crippen LogP contribution is -2.50. The van der Waals surface area contributed by atoms with Gasteiger partial charge in [0.2, 0.25) is 0 Å². The molecular formula is C21H35N7O4. The third-order valence-electron chi connectivity index (χ3n) is 5.73. The summed E-state index contributed by atoms with van der Waals surface area (Å²) in [6, 6.07) is 2.13. The molecule has 3 heterocycles. The molecule has 3 rings (SSSR count). The SMILES string of the molecule is C[C@H](Oc1nc(/C(N)=N/O)cc(N2CCN(C(=O)OC(C)(C)C)CC2)n1)[C@@H]1CCCN1C. The summed E-state index contributed by atoms with van der Waals surface area (Å²) in [4.78, 5) is 27.2. The number of likely N-dealkylation sites (N-methyl/N-ethyl adjacent to an activating group) is 1. The standard InChI is InChI=1S/C21H35N7O4/c1-14(16-7-6-8-26(16)5)31-19-23-15(18(22)25-30)13-17(24-19)27-9-11-28(12-10-27)20(29)32-21(2,3)4/h13-14,16,30H,6-12H2,1-5H3,(H2,22,25)/t14-,16-/m0/s1. The molecule has 1 aromatic heterocycles. The van der Waals surface area contributed by atoms with Crippen molar-refractivity contribution < 1.29 is 19.5 Å². The first kappa shape index (κ1) is 23.8. The lowest BCUT2D eigenvalue weighted by Gasteiger charge is -2.36. The zero-order valence-corrected chi connectivity index (χ0v) is 19.6. The van der Waals surface area contributed by atoms with E-state index in [-0.39, 0.29) is 35.8 Å². The largest absolute Gasteiger partial charge is 0.459 e. The van der Waals surface area contributed by atoms with Crippen molar-refractivity contribution in [2.75, 3.05) is 44.7 Å². The molecule has 0 aromatic carbocycles. The van der Waals surface area contributed by atoms with Gasteiger partial charge >= 0.3 is 12.1 Å². The Labute approximate surface area is 189 Å². The number of amides is 1. The molecule has 2 fully saturated rings. The number of carbonyl (C=O) groups is 1. The van der Waals surface area contributed by atoms with Crippen molar-refractivity contribution >= 4 is 17.7 Å². The van der Waals surface area contributed by atoms with Gasteiger partial charge in [-0.2, -0.15) is 9.97 Å². The molecule has 11 heteroatoms. The van der Waals surface area contributed by atoms with Crippen LogP contribution in [0, 0.1) is 0 Å². The Bertz CT molecular complexity index is 834. The van der Waals surface area contributed by atoms with Gasteiger partial charge in [-0.15, -0.1) is 0 Å². The highest BCUT2D eigenvalue weighted by Crippen LogP contribution is 2.23. The fourth-order valence-electron chi connectivity index (χ4n) is 4.03. The van der Waals surface area contributed by atoms with Crippen LogP contribution in [0.15, 0.2) is 11.2 Å². The van der Waals surface area contributed by atoms with Gasteiger partial charge in [-0.25, -0.2) is 4.79 Å². The molecule has 11 nitrogen and oxygen atoms in total. The van der Waals surface area contributed by atoms with Crippen LogP contribution in [-0.4, -0.2) is 94.4 Å².